The molecule has 0 radical (unpaired) electrons. The number of thioether (sulfide) groups is 1. The SMILES string of the molecule is CSc1ccc(-c2ccc(C(C)(C)C)s2)cc1. The highest BCUT2D eigenvalue weighted by atomic mass is 32.2. The summed E-state index contributed by atoms with van der Waals surface area (Å²) in [5.41, 5.74) is 1.57. The monoisotopic (exact) mass is 262 g/mol. The van der Waals surface area contributed by atoms with Crippen molar-refractivity contribution in [3.8, 4) is 10.4 Å². The second kappa shape index (κ2) is 4.87. The summed E-state index contributed by atoms with van der Waals surface area (Å²) in [5.74, 6) is 0. The summed E-state index contributed by atoms with van der Waals surface area (Å²) in [6.07, 6.45) is 2.11. The molecule has 0 aliphatic carbocycles. The zero-order chi connectivity index (χ0) is 12.5. The zero-order valence-corrected chi connectivity index (χ0v) is 12.4. The lowest BCUT2D eigenvalue weighted by atomic mass is 9.95. The molecule has 0 atom stereocenters. The molecule has 0 aliphatic heterocycles. The van der Waals surface area contributed by atoms with E-state index in [2.05, 4.69) is 63.4 Å². The molecule has 1 aromatic carbocycles. The van der Waals surface area contributed by atoms with Gasteiger partial charge in [0, 0.05) is 14.6 Å². The highest BCUT2D eigenvalue weighted by Gasteiger charge is 2.16. The first-order valence-corrected chi connectivity index (χ1v) is 7.79. The van der Waals surface area contributed by atoms with Gasteiger partial charge in [-0.25, -0.2) is 0 Å². The van der Waals surface area contributed by atoms with Crippen LogP contribution in [0, 0.1) is 0 Å². The molecule has 0 spiro atoms. The fourth-order valence-electron chi connectivity index (χ4n) is 1.65. The van der Waals surface area contributed by atoms with E-state index in [1.807, 2.05) is 11.3 Å². The molecule has 1 aromatic heterocycles. The van der Waals surface area contributed by atoms with Crippen LogP contribution in [0.3, 0.4) is 0 Å². The summed E-state index contributed by atoms with van der Waals surface area (Å²) in [6, 6.07) is 13.3. The second-order valence-electron chi connectivity index (χ2n) is 5.14. The molecule has 0 unspecified atom stereocenters. The van der Waals surface area contributed by atoms with Gasteiger partial charge in [-0.2, -0.15) is 0 Å². The van der Waals surface area contributed by atoms with Crippen molar-refractivity contribution in [1.82, 2.24) is 0 Å². The molecule has 2 rings (SSSR count). The molecule has 0 saturated heterocycles. The fraction of sp³-hybridized carbons (Fsp3) is 0.333. The normalized spacial score (nSPS) is 11.8. The van der Waals surface area contributed by atoms with Gasteiger partial charge in [0.05, 0.1) is 0 Å². The largest absolute Gasteiger partial charge is 0.140 e. The predicted octanol–water partition coefficient (Wildman–Crippen LogP) is 5.43. The third-order valence-corrected chi connectivity index (χ3v) is 5.02. The van der Waals surface area contributed by atoms with Gasteiger partial charge in [-0.15, -0.1) is 23.1 Å². The van der Waals surface area contributed by atoms with Crippen molar-refractivity contribution in [2.24, 2.45) is 0 Å². The number of thiophene rings is 1. The Morgan fingerprint density at radius 1 is 0.941 bits per heavy atom. The van der Waals surface area contributed by atoms with Crippen molar-refractivity contribution >= 4 is 23.1 Å². The lowest BCUT2D eigenvalue weighted by Gasteiger charge is -2.15. The first-order chi connectivity index (χ1) is 8.00. The summed E-state index contributed by atoms with van der Waals surface area (Å²) >= 11 is 3.69. The number of benzene rings is 1. The number of rotatable bonds is 2. The van der Waals surface area contributed by atoms with E-state index in [0.29, 0.717) is 0 Å². The quantitative estimate of drug-likeness (QED) is 0.650. The maximum absolute atomic E-state index is 2.26. The van der Waals surface area contributed by atoms with Crippen LogP contribution in [0.4, 0.5) is 0 Å². The Kier molecular flexibility index (Phi) is 3.64. The fourth-order valence-corrected chi connectivity index (χ4v) is 3.13. The predicted molar refractivity (Wildman–Crippen MR) is 80.2 cm³/mol. The first-order valence-electron chi connectivity index (χ1n) is 5.75. The Labute approximate surface area is 112 Å². The van der Waals surface area contributed by atoms with Crippen LogP contribution in [0.1, 0.15) is 25.6 Å². The molecule has 1 heterocycles. The van der Waals surface area contributed by atoms with Crippen molar-refractivity contribution in [3.63, 3.8) is 0 Å². The maximum Gasteiger partial charge on any atom is 0.0345 e. The van der Waals surface area contributed by atoms with Crippen molar-refractivity contribution in [3.05, 3.63) is 41.3 Å². The van der Waals surface area contributed by atoms with Crippen molar-refractivity contribution < 1.29 is 0 Å². The Morgan fingerprint density at radius 2 is 1.59 bits per heavy atom. The van der Waals surface area contributed by atoms with Crippen molar-refractivity contribution in [1.29, 1.82) is 0 Å². The van der Waals surface area contributed by atoms with Crippen LogP contribution >= 0.6 is 23.1 Å². The Hall–Kier alpha value is -0.730. The number of hydrogen-bond donors (Lipinski definition) is 0. The molecule has 0 saturated carbocycles. The molecule has 0 fully saturated rings. The molecule has 0 bridgehead atoms. The van der Waals surface area contributed by atoms with Gasteiger partial charge < -0.3 is 0 Å². The van der Waals surface area contributed by atoms with Gasteiger partial charge >= 0.3 is 0 Å². The van der Waals surface area contributed by atoms with E-state index in [9.17, 15) is 0 Å². The van der Waals surface area contributed by atoms with Crippen LogP contribution in [0.5, 0.6) is 0 Å². The minimum Gasteiger partial charge on any atom is -0.140 e. The molecular weight excluding hydrogens is 244 g/mol. The summed E-state index contributed by atoms with van der Waals surface area (Å²) in [4.78, 5) is 4.13. The standard InChI is InChI=1S/C15H18S2/c1-15(2,3)14-10-9-13(17-14)11-5-7-12(16-4)8-6-11/h5-10H,1-4H3. The van der Waals surface area contributed by atoms with E-state index >= 15 is 0 Å². The summed E-state index contributed by atoms with van der Waals surface area (Å²) < 4.78 is 0. The van der Waals surface area contributed by atoms with Gasteiger partial charge in [-0.1, -0.05) is 32.9 Å². The molecule has 0 nitrogen and oxygen atoms in total. The molecular formula is C15H18S2. The minimum atomic E-state index is 0.252. The Morgan fingerprint density at radius 3 is 2.06 bits per heavy atom. The molecule has 2 aromatic rings. The third kappa shape index (κ3) is 2.93. The van der Waals surface area contributed by atoms with Crippen molar-refractivity contribution in [2.75, 3.05) is 6.26 Å². The van der Waals surface area contributed by atoms with Gasteiger partial charge in [0.1, 0.15) is 0 Å². The summed E-state index contributed by atoms with van der Waals surface area (Å²) in [7, 11) is 0. The molecule has 0 N–H and O–H groups in total. The summed E-state index contributed by atoms with van der Waals surface area (Å²) in [6.45, 7) is 6.79. The number of hydrogen-bond acceptors (Lipinski definition) is 2. The van der Waals surface area contributed by atoms with E-state index in [-0.39, 0.29) is 5.41 Å². The van der Waals surface area contributed by atoms with E-state index in [1.54, 1.807) is 11.8 Å². The van der Waals surface area contributed by atoms with E-state index in [4.69, 9.17) is 0 Å². The van der Waals surface area contributed by atoms with Crippen LogP contribution in [0.25, 0.3) is 10.4 Å². The first kappa shape index (κ1) is 12.7. The van der Waals surface area contributed by atoms with Crippen LogP contribution in [0.2, 0.25) is 0 Å². The smallest absolute Gasteiger partial charge is 0.0345 e. The van der Waals surface area contributed by atoms with Gasteiger partial charge in [-0.3, -0.25) is 0 Å². The topological polar surface area (TPSA) is 0 Å². The van der Waals surface area contributed by atoms with Gasteiger partial charge in [0.2, 0.25) is 0 Å². The summed E-state index contributed by atoms with van der Waals surface area (Å²) in [5, 5.41) is 0. The highest BCUT2D eigenvalue weighted by Crippen LogP contribution is 2.35. The van der Waals surface area contributed by atoms with Gasteiger partial charge in [0.25, 0.3) is 0 Å². The molecule has 0 amide bonds. The zero-order valence-electron chi connectivity index (χ0n) is 10.8. The average Bonchev–Trinajstić information content (AvgIpc) is 2.78. The minimum absolute atomic E-state index is 0.252. The van der Waals surface area contributed by atoms with Crippen LogP contribution in [-0.2, 0) is 5.41 Å². The lowest BCUT2D eigenvalue weighted by Crippen LogP contribution is -2.07. The van der Waals surface area contributed by atoms with Crippen LogP contribution in [-0.4, -0.2) is 6.26 Å². The molecule has 17 heavy (non-hydrogen) atoms. The molecule has 2 heteroatoms. The highest BCUT2D eigenvalue weighted by molar-refractivity contribution is 7.98. The van der Waals surface area contributed by atoms with Crippen LogP contribution < -0.4 is 0 Å². The average molecular weight is 262 g/mol. The maximum atomic E-state index is 2.26. The Bertz CT molecular complexity index is 486. The molecule has 90 valence electrons. The van der Waals surface area contributed by atoms with E-state index in [1.165, 1.54) is 20.2 Å². The van der Waals surface area contributed by atoms with Crippen molar-refractivity contribution in [2.45, 2.75) is 31.1 Å². The third-order valence-electron chi connectivity index (χ3n) is 2.72. The van der Waals surface area contributed by atoms with E-state index < -0.39 is 0 Å². The van der Waals surface area contributed by atoms with Crippen LogP contribution in [0.15, 0.2) is 41.3 Å². The second-order valence-corrected chi connectivity index (χ2v) is 7.11. The van der Waals surface area contributed by atoms with E-state index in [0.717, 1.165) is 0 Å². The lowest BCUT2D eigenvalue weighted by molar-refractivity contribution is 0.604. The van der Waals surface area contributed by atoms with Gasteiger partial charge in [-0.05, 0) is 41.5 Å². The van der Waals surface area contributed by atoms with Gasteiger partial charge in [0.15, 0.2) is 0 Å². The molecule has 0 aliphatic rings. The Balaban J connectivity index is 2.30.